The summed E-state index contributed by atoms with van der Waals surface area (Å²) in [6, 6.07) is 12.9. The lowest BCUT2D eigenvalue weighted by atomic mass is 10.1. The third-order valence-electron chi connectivity index (χ3n) is 3.62. The smallest absolute Gasteiger partial charge is 0.326 e. The van der Waals surface area contributed by atoms with E-state index in [4.69, 9.17) is 9.47 Å². The van der Waals surface area contributed by atoms with Crippen molar-refractivity contribution in [1.29, 1.82) is 0 Å². The predicted octanol–water partition coefficient (Wildman–Crippen LogP) is 3.16. The molecule has 0 fully saturated rings. The minimum Gasteiger partial charge on any atom is -0.465 e. The summed E-state index contributed by atoms with van der Waals surface area (Å²) in [7, 11) is 0. The average molecular weight is 341 g/mol. The van der Waals surface area contributed by atoms with Crippen LogP contribution in [0, 0.1) is 5.82 Å². The van der Waals surface area contributed by atoms with Gasteiger partial charge in [-0.25, -0.2) is 4.39 Å². The molecule has 25 heavy (non-hydrogen) atoms. The number of hydrogen-bond donors (Lipinski definition) is 0. The van der Waals surface area contributed by atoms with Crippen LogP contribution in [0.15, 0.2) is 54.3 Å². The van der Waals surface area contributed by atoms with E-state index < -0.39 is 17.7 Å². The van der Waals surface area contributed by atoms with Crippen molar-refractivity contribution in [3.63, 3.8) is 0 Å². The van der Waals surface area contributed by atoms with Crippen LogP contribution in [0.25, 0.3) is 6.08 Å². The first-order valence-electron chi connectivity index (χ1n) is 7.80. The van der Waals surface area contributed by atoms with Gasteiger partial charge in [-0.05, 0) is 31.2 Å². The van der Waals surface area contributed by atoms with Gasteiger partial charge in [0.15, 0.2) is 11.5 Å². The van der Waals surface area contributed by atoms with Gasteiger partial charge >= 0.3 is 5.97 Å². The number of rotatable bonds is 4. The fraction of sp³-hybridized carbons (Fsp3) is 0.158. The fourth-order valence-electron chi connectivity index (χ4n) is 2.49. The van der Waals surface area contributed by atoms with E-state index in [0.717, 1.165) is 0 Å². The number of para-hydroxylation sites is 2. The third-order valence-corrected chi connectivity index (χ3v) is 3.62. The van der Waals surface area contributed by atoms with Crippen molar-refractivity contribution in [3.05, 3.63) is 65.7 Å². The number of ether oxygens (including phenoxy) is 2. The lowest BCUT2D eigenvalue weighted by Crippen LogP contribution is -2.41. The van der Waals surface area contributed by atoms with Crippen LogP contribution in [0.2, 0.25) is 0 Å². The molecule has 0 radical (unpaired) electrons. The zero-order valence-electron chi connectivity index (χ0n) is 13.6. The van der Waals surface area contributed by atoms with Crippen LogP contribution in [0.4, 0.5) is 10.1 Å². The molecule has 0 aromatic heterocycles. The van der Waals surface area contributed by atoms with Gasteiger partial charge in [-0.1, -0.05) is 30.3 Å². The number of carbonyl (C=O) groups excluding carboxylic acids is 2. The predicted molar refractivity (Wildman–Crippen MR) is 90.4 cm³/mol. The number of carbonyl (C=O) groups is 2. The van der Waals surface area contributed by atoms with Crippen LogP contribution in [-0.2, 0) is 14.3 Å². The van der Waals surface area contributed by atoms with Crippen molar-refractivity contribution in [1.82, 2.24) is 0 Å². The fourth-order valence-corrected chi connectivity index (χ4v) is 2.49. The Bertz CT molecular complexity index is 847. The van der Waals surface area contributed by atoms with E-state index in [2.05, 4.69) is 0 Å². The molecule has 2 aromatic carbocycles. The van der Waals surface area contributed by atoms with E-state index in [0.29, 0.717) is 11.4 Å². The summed E-state index contributed by atoms with van der Waals surface area (Å²) in [5.41, 5.74) is 0.688. The summed E-state index contributed by atoms with van der Waals surface area (Å²) in [5, 5.41) is 0. The Balaban J connectivity index is 1.99. The van der Waals surface area contributed by atoms with E-state index in [1.165, 1.54) is 23.1 Å². The highest BCUT2D eigenvalue weighted by Crippen LogP contribution is 2.35. The third kappa shape index (κ3) is 3.52. The standard InChI is InChI=1S/C19H16FNO4/c1-2-24-18(22)12-21-15-9-5-6-10-16(15)25-17(19(21)23)11-13-7-3-4-8-14(13)20/h3-11H,2,12H2,1H3/b17-11+. The molecular weight excluding hydrogens is 325 g/mol. The van der Waals surface area contributed by atoms with Crippen molar-refractivity contribution >= 4 is 23.6 Å². The van der Waals surface area contributed by atoms with E-state index >= 15 is 0 Å². The Hall–Kier alpha value is -3.15. The summed E-state index contributed by atoms with van der Waals surface area (Å²) in [5.74, 6) is -1.18. The molecule has 1 aliphatic rings. The number of anilines is 1. The molecule has 128 valence electrons. The second-order valence-corrected chi connectivity index (χ2v) is 5.30. The molecule has 0 N–H and O–H groups in total. The SMILES string of the molecule is CCOC(=O)CN1C(=O)/C(=C\c2ccccc2F)Oc2ccccc21. The number of amides is 1. The van der Waals surface area contributed by atoms with E-state index in [-0.39, 0.29) is 24.5 Å². The Kier molecular flexibility index (Phi) is 4.79. The summed E-state index contributed by atoms with van der Waals surface area (Å²) < 4.78 is 24.4. The van der Waals surface area contributed by atoms with Crippen LogP contribution >= 0.6 is 0 Å². The molecule has 3 rings (SSSR count). The lowest BCUT2D eigenvalue weighted by Gasteiger charge is -2.29. The second-order valence-electron chi connectivity index (χ2n) is 5.30. The molecule has 0 spiro atoms. The molecule has 1 amide bonds. The second kappa shape index (κ2) is 7.17. The van der Waals surface area contributed by atoms with Gasteiger partial charge in [0, 0.05) is 5.56 Å². The molecule has 0 bridgehead atoms. The molecule has 1 heterocycles. The number of nitrogens with zero attached hydrogens (tertiary/aromatic N) is 1. The van der Waals surface area contributed by atoms with Crippen LogP contribution in [0.1, 0.15) is 12.5 Å². The zero-order chi connectivity index (χ0) is 17.8. The Morgan fingerprint density at radius 1 is 1.20 bits per heavy atom. The average Bonchev–Trinajstić information content (AvgIpc) is 2.60. The first kappa shape index (κ1) is 16.7. The van der Waals surface area contributed by atoms with E-state index in [1.807, 2.05) is 0 Å². The van der Waals surface area contributed by atoms with Crippen molar-refractivity contribution in [3.8, 4) is 5.75 Å². The molecule has 2 aromatic rings. The molecule has 0 saturated carbocycles. The van der Waals surface area contributed by atoms with Gasteiger partial charge in [0.2, 0.25) is 0 Å². The minimum absolute atomic E-state index is 0.0619. The molecule has 0 saturated heterocycles. The molecular formula is C19H16FNO4. The maximum Gasteiger partial charge on any atom is 0.326 e. The van der Waals surface area contributed by atoms with E-state index in [9.17, 15) is 14.0 Å². The van der Waals surface area contributed by atoms with Gasteiger partial charge in [0.1, 0.15) is 12.4 Å². The van der Waals surface area contributed by atoms with Crippen molar-refractivity contribution in [2.45, 2.75) is 6.92 Å². The molecule has 0 unspecified atom stereocenters. The largest absolute Gasteiger partial charge is 0.465 e. The highest BCUT2D eigenvalue weighted by atomic mass is 19.1. The van der Waals surface area contributed by atoms with Gasteiger partial charge in [-0.15, -0.1) is 0 Å². The molecule has 6 heteroatoms. The highest BCUT2D eigenvalue weighted by Gasteiger charge is 2.32. The van der Waals surface area contributed by atoms with Gasteiger partial charge in [0.05, 0.1) is 12.3 Å². The van der Waals surface area contributed by atoms with E-state index in [1.54, 1.807) is 43.3 Å². The van der Waals surface area contributed by atoms with Gasteiger partial charge in [0.25, 0.3) is 5.91 Å². The summed E-state index contributed by atoms with van der Waals surface area (Å²) in [4.78, 5) is 25.9. The molecule has 0 atom stereocenters. The summed E-state index contributed by atoms with van der Waals surface area (Å²) >= 11 is 0. The Morgan fingerprint density at radius 2 is 1.92 bits per heavy atom. The first-order chi connectivity index (χ1) is 12.1. The number of halogens is 1. The monoisotopic (exact) mass is 341 g/mol. The van der Waals surface area contributed by atoms with Crippen molar-refractivity contribution in [2.24, 2.45) is 0 Å². The van der Waals surface area contributed by atoms with Gasteiger partial charge in [-0.2, -0.15) is 0 Å². The molecule has 1 aliphatic heterocycles. The Labute approximate surface area is 144 Å². The topological polar surface area (TPSA) is 55.8 Å². The van der Waals surface area contributed by atoms with Crippen LogP contribution in [0.3, 0.4) is 0 Å². The maximum atomic E-state index is 13.9. The summed E-state index contributed by atoms with van der Waals surface area (Å²) in [6.45, 7) is 1.66. The maximum absolute atomic E-state index is 13.9. The van der Waals surface area contributed by atoms with Gasteiger partial charge < -0.3 is 9.47 Å². The normalized spacial score (nSPS) is 14.9. The highest BCUT2D eigenvalue weighted by molar-refractivity contribution is 6.11. The zero-order valence-corrected chi connectivity index (χ0v) is 13.6. The number of benzene rings is 2. The number of fused-ring (bicyclic) bond motifs is 1. The lowest BCUT2D eigenvalue weighted by molar-refractivity contribution is -0.142. The van der Waals surface area contributed by atoms with Crippen molar-refractivity contribution < 1.29 is 23.5 Å². The summed E-state index contributed by atoms with van der Waals surface area (Å²) in [6.07, 6.45) is 1.33. The van der Waals surface area contributed by atoms with Gasteiger partial charge in [-0.3, -0.25) is 14.5 Å². The quantitative estimate of drug-likeness (QED) is 0.633. The van der Waals surface area contributed by atoms with Crippen LogP contribution in [-0.4, -0.2) is 25.0 Å². The van der Waals surface area contributed by atoms with Crippen LogP contribution in [0.5, 0.6) is 5.75 Å². The minimum atomic E-state index is -0.532. The number of hydrogen-bond acceptors (Lipinski definition) is 4. The van der Waals surface area contributed by atoms with Crippen LogP contribution < -0.4 is 9.64 Å². The molecule has 5 nitrogen and oxygen atoms in total. The van der Waals surface area contributed by atoms with Crippen molar-refractivity contribution in [2.75, 3.05) is 18.1 Å². The Morgan fingerprint density at radius 3 is 2.68 bits per heavy atom. The first-order valence-corrected chi connectivity index (χ1v) is 7.80. The molecule has 0 aliphatic carbocycles. The number of esters is 1.